The maximum Gasteiger partial charge on any atom is 0.161 e. The van der Waals surface area contributed by atoms with Crippen LogP contribution in [0, 0.1) is 3.57 Å². The first kappa shape index (κ1) is 12.6. The van der Waals surface area contributed by atoms with Gasteiger partial charge in [0.15, 0.2) is 5.82 Å². The molecule has 17 heavy (non-hydrogen) atoms. The number of benzene rings is 1. The number of nitrogens with zero attached hydrogens (tertiary/aromatic N) is 2. The van der Waals surface area contributed by atoms with Gasteiger partial charge in [0.1, 0.15) is 10.9 Å². The van der Waals surface area contributed by atoms with Crippen LogP contribution in [0.5, 0.6) is 5.75 Å². The number of hydrogen-bond acceptors (Lipinski definition) is 3. The fraction of sp³-hybridized carbons (Fsp3) is 0.167. The molecule has 3 nitrogen and oxygen atoms in total. The molecule has 1 aromatic carbocycles. The van der Waals surface area contributed by atoms with Crippen LogP contribution in [-0.2, 0) is 6.42 Å². The first-order valence-electron chi connectivity index (χ1n) is 5.13. The third kappa shape index (κ3) is 2.69. The van der Waals surface area contributed by atoms with E-state index in [4.69, 9.17) is 11.6 Å². The number of aryl methyl sites for hydroxylation is 1. The maximum absolute atomic E-state index is 9.43. The van der Waals surface area contributed by atoms with Crippen LogP contribution >= 0.6 is 34.2 Å². The van der Waals surface area contributed by atoms with Crippen LogP contribution in [0.2, 0.25) is 5.15 Å². The van der Waals surface area contributed by atoms with Gasteiger partial charge in [-0.15, -0.1) is 0 Å². The Bertz CT molecular complexity index is 560. The summed E-state index contributed by atoms with van der Waals surface area (Å²) in [6.45, 7) is 2.02. The van der Waals surface area contributed by atoms with Crippen molar-refractivity contribution in [3.8, 4) is 17.1 Å². The molecule has 0 spiro atoms. The topological polar surface area (TPSA) is 46.0 Å². The minimum atomic E-state index is 0.193. The van der Waals surface area contributed by atoms with Crippen molar-refractivity contribution in [1.82, 2.24) is 9.97 Å². The Hall–Kier alpha value is -0.880. The molecule has 0 aliphatic heterocycles. The van der Waals surface area contributed by atoms with Crippen LogP contribution in [0.15, 0.2) is 24.3 Å². The molecule has 0 radical (unpaired) electrons. The quantitative estimate of drug-likeness (QED) is 0.656. The Balaban J connectivity index is 2.56. The lowest BCUT2D eigenvalue weighted by Gasteiger charge is -2.06. The number of halogens is 2. The zero-order valence-electron chi connectivity index (χ0n) is 9.11. The van der Waals surface area contributed by atoms with Crippen LogP contribution in [0.4, 0.5) is 0 Å². The molecular weight excluding hydrogens is 351 g/mol. The minimum absolute atomic E-state index is 0.193. The van der Waals surface area contributed by atoms with E-state index in [0.717, 1.165) is 21.2 Å². The normalized spacial score (nSPS) is 10.5. The summed E-state index contributed by atoms with van der Waals surface area (Å²) in [5, 5.41) is 9.89. The molecule has 1 N–H and O–H groups in total. The Kier molecular flexibility index (Phi) is 3.83. The van der Waals surface area contributed by atoms with Gasteiger partial charge in [-0.3, -0.25) is 0 Å². The van der Waals surface area contributed by atoms with Crippen molar-refractivity contribution in [3.63, 3.8) is 0 Å². The average Bonchev–Trinajstić information content (AvgIpc) is 2.32. The highest BCUT2D eigenvalue weighted by molar-refractivity contribution is 14.1. The van der Waals surface area contributed by atoms with Crippen molar-refractivity contribution < 1.29 is 5.11 Å². The van der Waals surface area contributed by atoms with E-state index in [-0.39, 0.29) is 5.75 Å². The Morgan fingerprint density at radius 3 is 2.76 bits per heavy atom. The molecule has 0 fully saturated rings. The molecule has 5 heteroatoms. The summed E-state index contributed by atoms with van der Waals surface area (Å²) in [5.41, 5.74) is 1.68. The molecule has 0 atom stereocenters. The van der Waals surface area contributed by atoms with Gasteiger partial charge in [0, 0.05) is 5.56 Å². The number of hydrogen-bond donors (Lipinski definition) is 1. The molecule has 0 unspecified atom stereocenters. The first-order valence-corrected chi connectivity index (χ1v) is 6.58. The van der Waals surface area contributed by atoms with Gasteiger partial charge in [-0.25, -0.2) is 9.97 Å². The monoisotopic (exact) mass is 360 g/mol. The Morgan fingerprint density at radius 2 is 2.12 bits per heavy atom. The summed E-state index contributed by atoms with van der Waals surface area (Å²) in [5.74, 6) is 0.738. The molecule has 0 aliphatic rings. The molecule has 2 rings (SSSR count). The van der Waals surface area contributed by atoms with Gasteiger partial charge < -0.3 is 5.11 Å². The summed E-state index contributed by atoms with van der Waals surface area (Å²) in [4.78, 5) is 8.68. The standard InChI is InChI=1S/C12H10ClIN2O/c1-2-9-10(14)11(13)16-12(15-9)7-4-3-5-8(17)6-7/h3-6,17H,2H2,1H3. The maximum atomic E-state index is 9.43. The Morgan fingerprint density at radius 1 is 1.35 bits per heavy atom. The summed E-state index contributed by atoms with van der Waals surface area (Å²) >= 11 is 8.21. The highest BCUT2D eigenvalue weighted by Gasteiger charge is 2.10. The zero-order chi connectivity index (χ0) is 12.4. The van der Waals surface area contributed by atoms with Gasteiger partial charge in [-0.2, -0.15) is 0 Å². The second-order valence-corrected chi connectivity index (χ2v) is 4.94. The van der Waals surface area contributed by atoms with Gasteiger partial charge in [-0.05, 0) is 41.1 Å². The number of phenolic OH excluding ortho intramolecular Hbond substituents is 1. The number of phenols is 1. The first-order chi connectivity index (χ1) is 8.11. The van der Waals surface area contributed by atoms with Crippen LogP contribution in [0.25, 0.3) is 11.4 Å². The third-order valence-electron chi connectivity index (χ3n) is 2.32. The predicted molar refractivity (Wildman–Crippen MR) is 76.2 cm³/mol. The summed E-state index contributed by atoms with van der Waals surface area (Å²) in [6.07, 6.45) is 0.798. The molecule has 0 saturated carbocycles. The summed E-state index contributed by atoms with van der Waals surface area (Å²) < 4.78 is 0.885. The smallest absolute Gasteiger partial charge is 0.161 e. The van der Waals surface area contributed by atoms with Crippen molar-refractivity contribution in [2.24, 2.45) is 0 Å². The fourth-order valence-corrected chi connectivity index (χ4v) is 2.28. The van der Waals surface area contributed by atoms with Gasteiger partial charge in [0.25, 0.3) is 0 Å². The third-order valence-corrected chi connectivity index (χ3v) is 4.04. The number of aromatic nitrogens is 2. The zero-order valence-corrected chi connectivity index (χ0v) is 12.0. The largest absolute Gasteiger partial charge is 0.508 e. The van der Waals surface area contributed by atoms with E-state index >= 15 is 0 Å². The van der Waals surface area contributed by atoms with Crippen molar-refractivity contribution in [1.29, 1.82) is 0 Å². The van der Waals surface area contributed by atoms with Crippen molar-refractivity contribution in [3.05, 3.63) is 38.7 Å². The van der Waals surface area contributed by atoms with E-state index in [1.54, 1.807) is 18.2 Å². The van der Waals surface area contributed by atoms with E-state index in [2.05, 4.69) is 32.6 Å². The molecule has 0 bridgehead atoms. The van der Waals surface area contributed by atoms with E-state index in [1.807, 2.05) is 13.0 Å². The summed E-state index contributed by atoms with van der Waals surface area (Å²) in [7, 11) is 0. The summed E-state index contributed by atoms with van der Waals surface area (Å²) in [6, 6.07) is 6.83. The van der Waals surface area contributed by atoms with Crippen LogP contribution in [0.1, 0.15) is 12.6 Å². The molecule has 2 aromatic rings. The number of rotatable bonds is 2. The minimum Gasteiger partial charge on any atom is -0.508 e. The van der Waals surface area contributed by atoms with E-state index in [1.165, 1.54) is 0 Å². The van der Waals surface area contributed by atoms with Crippen LogP contribution in [-0.4, -0.2) is 15.1 Å². The molecule has 0 aliphatic carbocycles. The van der Waals surface area contributed by atoms with Gasteiger partial charge in [-0.1, -0.05) is 30.7 Å². The van der Waals surface area contributed by atoms with Crippen molar-refractivity contribution in [2.45, 2.75) is 13.3 Å². The average molecular weight is 361 g/mol. The SMILES string of the molecule is CCc1nc(-c2cccc(O)c2)nc(Cl)c1I. The lowest BCUT2D eigenvalue weighted by atomic mass is 10.2. The van der Waals surface area contributed by atoms with Crippen molar-refractivity contribution >= 4 is 34.2 Å². The highest BCUT2D eigenvalue weighted by atomic mass is 127. The molecule has 0 amide bonds. The fourth-order valence-electron chi connectivity index (χ4n) is 1.47. The van der Waals surface area contributed by atoms with Crippen molar-refractivity contribution in [2.75, 3.05) is 0 Å². The van der Waals surface area contributed by atoms with Gasteiger partial charge in [0.05, 0.1) is 9.26 Å². The molecule has 1 heterocycles. The van der Waals surface area contributed by atoms with Gasteiger partial charge in [0.2, 0.25) is 0 Å². The van der Waals surface area contributed by atoms with E-state index in [0.29, 0.717) is 11.0 Å². The molecular formula is C12H10ClIN2O. The molecule has 1 aromatic heterocycles. The molecule has 88 valence electrons. The predicted octanol–water partition coefficient (Wildman–Crippen LogP) is 3.67. The van der Waals surface area contributed by atoms with Gasteiger partial charge >= 0.3 is 0 Å². The number of aromatic hydroxyl groups is 1. The van der Waals surface area contributed by atoms with E-state index in [9.17, 15) is 5.11 Å². The second-order valence-electron chi connectivity index (χ2n) is 3.50. The van der Waals surface area contributed by atoms with Crippen LogP contribution in [0.3, 0.4) is 0 Å². The lowest BCUT2D eigenvalue weighted by Crippen LogP contribution is -1.99. The highest BCUT2D eigenvalue weighted by Crippen LogP contribution is 2.25. The van der Waals surface area contributed by atoms with Crippen LogP contribution < -0.4 is 0 Å². The lowest BCUT2D eigenvalue weighted by molar-refractivity contribution is 0.475. The van der Waals surface area contributed by atoms with E-state index < -0.39 is 0 Å². The second kappa shape index (κ2) is 5.18. The molecule has 0 saturated heterocycles. The Labute approximate surface area is 118 Å².